The summed E-state index contributed by atoms with van der Waals surface area (Å²) in [5.74, 6) is -0.495. The lowest BCUT2D eigenvalue weighted by molar-refractivity contribution is -0.116. The average molecular weight is 345 g/mol. The van der Waals surface area contributed by atoms with Crippen LogP contribution in [0.25, 0.3) is 0 Å². The van der Waals surface area contributed by atoms with Crippen LogP contribution in [0.4, 0.5) is 20.2 Å². The third-order valence-electron chi connectivity index (χ3n) is 3.37. The van der Waals surface area contributed by atoms with Crippen LogP contribution >= 0.6 is 0 Å². The fourth-order valence-corrected chi connectivity index (χ4v) is 2.14. The van der Waals surface area contributed by atoms with Gasteiger partial charge in [0.1, 0.15) is 11.8 Å². The molecule has 1 amide bonds. The van der Waals surface area contributed by atoms with Crippen molar-refractivity contribution < 1.29 is 18.3 Å². The summed E-state index contributed by atoms with van der Waals surface area (Å²) < 4.78 is 29.2. The minimum absolute atomic E-state index is 0.0982. The number of nitrogens with zero attached hydrogens (tertiary/aromatic N) is 1. The monoisotopic (exact) mass is 345 g/mol. The van der Waals surface area contributed by atoms with Gasteiger partial charge in [0.25, 0.3) is 0 Å². The van der Waals surface area contributed by atoms with Crippen molar-refractivity contribution in [1.82, 2.24) is 0 Å². The van der Waals surface area contributed by atoms with Crippen molar-refractivity contribution in [2.45, 2.75) is 26.0 Å². The highest BCUT2D eigenvalue weighted by Crippen LogP contribution is 2.25. The van der Waals surface area contributed by atoms with Gasteiger partial charge < -0.3 is 15.4 Å². The maximum Gasteiger partial charge on any atom is 0.387 e. The van der Waals surface area contributed by atoms with Crippen LogP contribution in [-0.2, 0) is 11.2 Å². The Bertz CT molecular complexity index is 758. The molecule has 0 aromatic heterocycles. The van der Waals surface area contributed by atoms with Gasteiger partial charge in [-0.2, -0.15) is 14.0 Å². The zero-order chi connectivity index (χ0) is 18.2. The smallest absolute Gasteiger partial charge is 0.387 e. The van der Waals surface area contributed by atoms with Gasteiger partial charge in [-0.25, -0.2) is 0 Å². The first kappa shape index (κ1) is 18.2. The third kappa shape index (κ3) is 5.46. The Kier molecular flexibility index (Phi) is 6.29. The highest BCUT2D eigenvalue weighted by Gasteiger charge is 2.16. The number of halogens is 2. The topological polar surface area (TPSA) is 74.2 Å². The third-order valence-corrected chi connectivity index (χ3v) is 3.37. The first-order chi connectivity index (χ1) is 12.0. The number of alkyl halides is 2. The van der Waals surface area contributed by atoms with Crippen LogP contribution < -0.4 is 15.4 Å². The summed E-state index contributed by atoms with van der Waals surface area (Å²) in [6.45, 7) is -1.32. The molecule has 0 aliphatic carbocycles. The molecule has 0 saturated carbocycles. The maximum absolute atomic E-state index is 12.4. The summed E-state index contributed by atoms with van der Waals surface area (Å²) in [6.07, 6.45) is 0.317. The lowest BCUT2D eigenvalue weighted by Crippen LogP contribution is -2.32. The van der Waals surface area contributed by atoms with Crippen molar-refractivity contribution >= 4 is 17.3 Å². The van der Waals surface area contributed by atoms with Gasteiger partial charge in [0.05, 0.1) is 18.2 Å². The van der Waals surface area contributed by atoms with Gasteiger partial charge in [-0.3, -0.25) is 4.79 Å². The number of nitriles is 1. The minimum atomic E-state index is -2.97. The molecule has 130 valence electrons. The Morgan fingerprint density at radius 2 is 1.88 bits per heavy atom. The molecule has 0 saturated heterocycles. The number of ether oxygens (including phenoxy) is 1. The summed E-state index contributed by atoms with van der Waals surface area (Å²) in [4.78, 5) is 12.3. The van der Waals surface area contributed by atoms with Crippen molar-refractivity contribution in [3.05, 3.63) is 54.1 Å². The number of anilines is 2. The number of carbonyl (C=O) groups excluding carboxylic acids is 1. The molecule has 5 nitrogen and oxygen atoms in total. The van der Waals surface area contributed by atoms with Gasteiger partial charge in [-0.15, -0.1) is 0 Å². The van der Waals surface area contributed by atoms with E-state index in [1.807, 2.05) is 0 Å². The van der Waals surface area contributed by atoms with Gasteiger partial charge in [-0.05, 0) is 36.8 Å². The molecule has 0 spiro atoms. The van der Waals surface area contributed by atoms with Crippen LogP contribution in [0, 0.1) is 11.3 Å². The number of rotatable bonds is 7. The molecule has 2 aromatic carbocycles. The van der Waals surface area contributed by atoms with Gasteiger partial charge >= 0.3 is 6.61 Å². The van der Waals surface area contributed by atoms with Gasteiger partial charge in [0.2, 0.25) is 5.91 Å². The molecule has 0 aliphatic rings. The molecule has 0 fully saturated rings. The van der Waals surface area contributed by atoms with Crippen LogP contribution in [0.3, 0.4) is 0 Å². The number of nitrogens with one attached hydrogen (secondary N) is 2. The Labute approximate surface area is 144 Å². The zero-order valence-electron chi connectivity index (χ0n) is 13.5. The van der Waals surface area contributed by atoms with Crippen LogP contribution in [0.2, 0.25) is 0 Å². The first-order valence-electron chi connectivity index (χ1n) is 7.56. The highest BCUT2D eigenvalue weighted by atomic mass is 19.3. The van der Waals surface area contributed by atoms with E-state index >= 15 is 0 Å². The number of hydrogen-bond acceptors (Lipinski definition) is 4. The highest BCUT2D eigenvalue weighted by molar-refractivity contribution is 5.97. The molecule has 7 heteroatoms. The Morgan fingerprint density at radius 3 is 2.52 bits per heavy atom. The van der Waals surface area contributed by atoms with E-state index in [0.717, 1.165) is 5.56 Å². The van der Waals surface area contributed by atoms with E-state index in [1.54, 1.807) is 37.3 Å². The number of hydrogen-bond donors (Lipinski definition) is 2. The fourth-order valence-electron chi connectivity index (χ4n) is 2.14. The minimum Gasteiger partial charge on any atom is -0.433 e. The maximum atomic E-state index is 12.4. The SMILES string of the molecule is CC(Nc1ccc(CC#N)cc1)C(=O)Nc1ccccc1OC(F)F. The predicted octanol–water partition coefficient (Wildman–Crippen LogP) is 3.79. The molecule has 0 bridgehead atoms. The van der Waals surface area contributed by atoms with Crippen molar-refractivity contribution in [2.24, 2.45) is 0 Å². The van der Waals surface area contributed by atoms with Gasteiger partial charge in [0.15, 0.2) is 0 Å². The standard InChI is InChI=1S/C18H17F2N3O2/c1-12(22-14-8-6-13(7-9-14)10-11-21)17(24)23-15-4-2-3-5-16(15)25-18(19)20/h2-9,12,18,22H,10H2,1H3,(H,23,24). The second-order valence-electron chi connectivity index (χ2n) is 5.26. The zero-order valence-corrected chi connectivity index (χ0v) is 13.5. The van der Waals surface area contributed by atoms with Gasteiger partial charge in [0, 0.05) is 5.69 Å². The van der Waals surface area contributed by atoms with Crippen molar-refractivity contribution in [1.29, 1.82) is 5.26 Å². The van der Waals surface area contributed by atoms with E-state index in [1.165, 1.54) is 18.2 Å². The Hall–Kier alpha value is -3.14. The molecule has 0 radical (unpaired) electrons. The summed E-state index contributed by atoms with van der Waals surface area (Å²) in [7, 11) is 0. The second-order valence-corrected chi connectivity index (χ2v) is 5.26. The number of para-hydroxylation sites is 2. The van der Waals surface area contributed by atoms with E-state index in [-0.39, 0.29) is 11.4 Å². The molecular weight excluding hydrogens is 328 g/mol. The molecule has 0 aliphatic heterocycles. The molecule has 1 atom stereocenters. The van der Waals surface area contributed by atoms with E-state index in [4.69, 9.17) is 5.26 Å². The van der Waals surface area contributed by atoms with E-state index in [0.29, 0.717) is 12.1 Å². The molecule has 2 aromatic rings. The molecule has 0 heterocycles. The van der Waals surface area contributed by atoms with E-state index in [2.05, 4.69) is 21.4 Å². The summed E-state index contributed by atoms with van der Waals surface area (Å²) in [6, 6.07) is 14.6. The van der Waals surface area contributed by atoms with E-state index < -0.39 is 18.6 Å². The molecular formula is C18H17F2N3O2. The fraction of sp³-hybridized carbons (Fsp3) is 0.222. The Balaban J connectivity index is 2.00. The van der Waals surface area contributed by atoms with E-state index in [9.17, 15) is 13.6 Å². The first-order valence-corrected chi connectivity index (χ1v) is 7.56. The molecule has 25 heavy (non-hydrogen) atoms. The quantitative estimate of drug-likeness (QED) is 0.801. The number of carbonyl (C=O) groups is 1. The van der Waals surface area contributed by atoms with Crippen molar-refractivity contribution in [3.8, 4) is 11.8 Å². The summed E-state index contributed by atoms with van der Waals surface area (Å²) in [5.41, 5.74) is 1.76. The second kappa shape index (κ2) is 8.64. The number of benzene rings is 2. The largest absolute Gasteiger partial charge is 0.433 e. The lowest BCUT2D eigenvalue weighted by Gasteiger charge is -2.17. The van der Waals surface area contributed by atoms with Crippen LogP contribution in [0.15, 0.2) is 48.5 Å². The normalized spacial score (nSPS) is 11.5. The lowest BCUT2D eigenvalue weighted by atomic mass is 10.1. The average Bonchev–Trinajstić information content (AvgIpc) is 2.58. The van der Waals surface area contributed by atoms with Crippen LogP contribution in [0.5, 0.6) is 5.75 Å². The summed E-state index contributed by atoms with van der Waals surface area (Å²) in [5, 5.41) is 14.2. The molecule has 2 N–H and O–H groups in total. The van der Waals surface area contributed by atoms with Crippen LogP contribution in [-0.4, -0.2) is 18.6 Å². The predicted molar refractivity (Wildman–Crippen MR) is 90.5 cm³/mol. The van der Waals surface area contributed by atoms with Crippen molar-refractivity contribution in [2.75, 3.05) is 10.6 Å². The van der Waals surface area contributed by atoms with Crippen molar-refractivity contribution in [3.63, 3.8) is 0 Å². The molecule has 2 rings (SSSR count). The molecule has 1 unspecified atom stereocenters. The van der Waals surface area contributed by atoms with Gasteiger partial charge in [-0.1, -0.05) is 24.3 Å². The number of amides is 1. The van der Waals surface area contributed by atoms with Crippen LogP contribution in [0.1, 0.15) is 12.5 Å². The summed E-state index contributed by atoms with van der Waals surface area (Å²) >= 11 is 0. The Morgan fingerprint density at radius 1 is 1.20 bits per heavy atom.